The van der Waals surface area contributed by atoms with Crippen LogP contribution in [0, 0.1) is 11.3 Å². The zero-order chi connectivity index (χ0) is 13.6. The third-order valence-electron chi connectivity index (χ3n) is 4.08. The van der Waals surface area contributed by atoms with Gasteiger partial charge >= 0.3 is 0 Å². The van der Waals surface area contributed by atoms with Gasteiger partial charge in [0.15, 0.2) is 0 Å². The maximum Gasteiger partial charge on any atom is 0.139 e. The van der Waals surface area contributed by atoms with E-state index >= 15 is 0 Å². The molecule has 0 N–H and O–H groups in total. The zero-order valence-corrected chi connectivity index (χ0v) is 12.2. The van der Waals surface area contributed by atoms with E-state index in [0.29, 0.717) is 11.7 Å². The summed E-state index contributed by atoms with van der Waals surface area (Å²) in [4.78, 5) is 12.5. The van der Waals surface area contributed by atoms with E-state index in [-0.39, 0.29) is 5.41 Å². The first-order valence-electron chi connectivity index (χ1n) is 7.08. The first-order valence-corrected chi connectivity index (χ1v) is 7.08. The van der Waals surface area contributed by atoms with Gasteiger partial charge in [0, 0.05) is 11.8 Å². The number of rotatable bonds is 7. The highest BCUT2D eigenvalue weighted by atomic mass is 16.1. The van der Waals surface area contributed by atoms with Crippen molar-refractivity contribution in [3.8, 4) is 0 Å². The Hall–Kier alpha value is -1.11. The van der Waals surface area contributed by atoms with Crippen LogP contribution in [0.25, 0.3) is 0 Å². The fourth-order valence-electron chi connectivity index (χ4n) is 2.27. The lowest BCUT2D eigenvalue weighted by atomic mass is 9.70. The van der Waals surface area contributed by atoms with Crippen LogP contribution in [0.15, 0.2) is 30.3 Å². The third kappa shape index (κ3) is 3.69. The summed E-state index contributed by atoms with van der Waals surface area (Å²) in [7, 11) is 0. The van der Waals surface area contributed by atoms with Gasteiger partial charge in [0.1, 0.15) is 5.78 Å². The molecule has 0 fully saturated rings. The van der Waals surface area contributed by atoms with Crippen molar-refractivity contribution < 1.29 is 4.79 Å². The lowest BCUT2D eigenvalue weighted by Gasteiger charge is -2.32. The summed E-state index contributed by atoms with van der Waals surface area (Å²) >= 11 is 0. The topological polar surface area (TPSA) is 17.1 Å². The Morgan fingerprint density at radius 2 is 1.83 bits per heavy atom. The molecule has 0 spiro atoms. The van der Waals surface area contributed by atoms with E-state index in [4.69, 9.17) is 0 Å². The predicted molar refractivity (Wildman–Crippen MR) is 77.6 cm³/mol. The quantitative estimate of drug-likeness (QED) is 0.684. The zero-order valence-electron chi connectivity index (χ0n) is 12.2. The summed E-state index contributed by atoms with van der Waals surface area (Å²) in [6, 6.07) is 10.4. The van der Waals surface area contributed by atoms with Crippen LogP contribution in [-0.4, -0.2) is 5.78 Å². The molecule has 0 aromatic heterocycles. The number of hydrogen-bond donors (Lipinski definition) is 0. The molecule has 1 heteroatoms. The van der Waals surface area contributed by atoms with Crippen molar-refractivity contribution in [3.63, 3.8) is 0 Å². The molecule has 1 unspecified atom stereocenters. The molecule has 0 saturated carbocycles. The van der Waals surface area contributed by atoms with Crippen molar-refractivity contribution in [2.45, 2.75) is 53.4 Å². The summed E-state index contributed by atoms with van der Waals surface area (Å²) < 4.78 is 0. The van der Waals surface area contributed by atoms with E-state index in [9.17, 15) is 4.79 Å². The molecular weight excluding hydrogens is 220 g/mol. The maximum absolute atomic E-state index is 12.5. The summed E-state index contributed by atoms with van der Waals surface area (Å²) in [6.07, 6.45) is 3.67. The molecule has 0 aliphatic carbocycles. The monoisotopic (exact) mass is 246 g/mol. The van der Waals surface area contributed by atoms with Gasteiger partial charge in [-0.2, -0.15) is 0 Å². The highest BCUT2D eigenvalue weighted by Gasteiger charge is 2.35. The molecule has 100 valence electrons. The summed E-state index contributed by atoms with van der Waals surface area (Å²) in [5.41, 5.74) is 1.04. The number of carbonyl (C=O) groups excluding carboxylic acids is 1. The molecule has 1 rings (SSSR count). The predicted octanol–water partition coefficient (Wildman–Crippen LogP) is 4.65. The molecule has 0 aliphatic rings. The first kappa shape index (κ1) is 14.9. The van der Waals surface area contributed by atoms with E-state index in [1.54, 1.807) is 0 Å². The molecule has 1 atom stereocenters. The molecule has 1 nitrogen and oxygen atoms in total. The molecule has 0 saturated heterocycles. The average Bonchev–Trinajstić information content (AvgIpc) is 2.36. The minimum Gasteiger partial charge on any atom is -0.299 e. The van der Waals surface area contributed by atoms with Crippen LogP contribution >= 0.6 is 0 Å². The van der Waals surface area contributed by atoms with Gasteiger partial charge < -0.3 is 0 Å². The van der Waals surface area contributed by atoms with Gasteiger partial charge in [0.05, 0.1) is 0 Å². The molecule has 0 heterocycles. The molecule has 0 radical (unpaired) electrons. The number of benzene rings is 1. The van der Waals surface area contributed by atoms with Crippen molar-refractivity contribution >= 4 is 5.78 Å². The van der Waals surface area contributed by atoms with Crippen LogP contribution in [0.4, 0.5) is 0 Å². The molecule has 0 bridgehead atoms. The summed E-state index contributed by atoms with van der Waals surface area (Å²) in [5, 5.41) is 0. The SMILES string of the molecule is CCCCC(=O)C(C)(Cc1ccccc1)C(C)C. The Balaban J connectivity index is 2.83. The standard InChI is InChI=1S/C17H26O/c1-5-6-12-16(18)17(4,14(2)3)13-15-10-8-7-9-11-15/h7-11,14H,5-6,12-13H2,1-4H3. The highest BCUT2D eigenvalue weighted by Crippen LogP contribution is 2.34. The summed E-state index contributed by atoms with van der Waals surface area (Å²) in [6.45, 7) is 8.58. The lowest BCUT2D eigenvalue weighted by molar-refractivity contribution is -0.130. The molecule has 18 heavy (non-hydrogen) atoms. The van der Waals surface area contributed by atoms with Gasteiger partial charge in [-0.25, -0.2) is 0 Å². The van der Waals surface area contributed by atoms with Gasteiger partial charge in [0.25, 0.3) is 0 Å². The van der Waals surface area contributed by atoms with E-state index in [1.807, 2.05) is 18.2 Å². The normalized spacial score (nSPS) is 14.5. The van der Waals surface area contributed by atoms with E-state index in [1.165, 1.54) is 5.56 Å². The average molecular weight is 246 g/mol. The summed E-state index contributed by atoms with van der Waals surface area (Å²) in [5.74, 6) is 0.797. The van der Waals surface area contributed by atoms with Gasteiger partial charge in [0.2, 0.25) is 0 Å². The second-order valence-corrected chi connectivity index (χ2v) is 5.76. The molecule has 1 aromatic carbocycles. The third-order valence-corrected chi connectivity index (χ3v) is 4.08. The van der Waals surface area contributed by atoms with Crippen molar-refractivity contribution in [1.29, 1.82) is 0 Å². The molecular formula is C17H26O. The van der Waals surface area contributed by atoms with Gasteiger partial charge in [-0.15, -0.1) is 0 Å². The fourth-order valence-corrected chi connectivity index (χ4v) is 2.27. The minimum atomic E-state index is -0.226. The Kier molecular flexibility index (Phi) is 5.58. The number of ketones is 1. The second-order valence-electron chi connectivity index (χ2n) is 5.76. The second kappa shape index (κ2) is 6.72. The number of carbonyl (C=O) groups is 1. The molecule has 0 amide bonds. The van der Waals surface area contributed by atoms with Crippen LogP contribution in [0.5, 0.6) is 0 Å². The van der Waals surface area contributed by atoms with Crippen LogP contribution in [0.3, 0.4) is 0 Å². The van der Waals surface area contributed by atoms with Crippen molar-refractivity contribution in [2.24, 2.45) is 11.3 Å². The smallest absolute Gasteiger partial charge is 0.139 e. The van der Waals surface area contributed by atoms with Crippen LogP contribution in [0.1, 0.15) is 52.5 Å². The lowest BCUT2D eigenvalue weighted by Crippen LogP contribution is -2.35. The Labute approximate surface area is 112 Å². The van der Waals surface area contributed by atoms with Crippen molar-refractivity contribution in [2.75, 3.05) is 0 Å². The van der Waals surface area contributed by atoms with E-state index < -0.39 is 0 Å². The van der Waals surface area contributed by atoms with Gasteiger partial charge in [-0.1, -0.05) is 64.4 Å². The molecule has 0 aliphatic heterocycles. The first-order chi connectivity index (χ1) is 8.50. The Morgan fingerprint density at radius 1 is 1.22 bits per heavy atom. The largest absolute Gasteiger partial charge is 0.299 e. The number of hydrogen-bond acceptors (Lipinski definition) is 1. The Morgan fingerprint density at radius 3 is 2.33 bits per heavy atom. The van der Waals surface area contributed by atoms with Gasteiger partial charge in [-0.3, -0.25) is 4.79 Å². The van der Waals surface area contributed by atoms with E-state index in [0.717, 1.165) is 25.7 Å². The minimum absolute atomic E-state index is 0.226. The van der Waals surface area contributed by atoms with Crippen LogP contribution in [-0.2, 0) is 11.2 Å². The molecule has 1 aromatic rings. The number of unbranched alkanes of at least 4 members (excludes halogenated alkanes) is 1. The van der Waals surface area contributed by atoms with Crippen molar-refractivity contribution in [1.82, 2.24) is 0 Å². The highest BCUT2D eigenvalue weighted by molar-refractivity contribution is 5.85. The van der Waals surface area contributed by atoms with Crippen LogP contribution in [0.2, 0.25) is 0 Å². The van der Waals surface area contributed by atoms with Crippen molar-refractivity contribution in [3.05, 3.63) is 35.9 Å². The number of Topliss-reactive ketones (excluding diaryl/α,β-unsaturated/α-hetero) is 1. The van der Waals surface area contributed by atoms with E-state index in [2.05, 4.69) is 39.8 Å². The van der Waals surface area contributed by atoms with Gasteiger partial charge in [-0.05, 0) is 24.3 Å². The maximum atomic E-state index is 12.5. The Bertz CT molecular complexity index is 366. The van der Waals surface area contributed by atoms with Crippen LogP contribution < -0.4 is 0 Å². The fraction of sp³-hybridized carbons (Fsp3) is 0.588.